The summed E-state index contributed by atoms with van der Waals surface area (Å²) < 4.78 is 5.02. The zero-order valence-corrected chi connectivity index (χ0v) is 11.2. The number of likely N-dealkylation sites (tertiary alicyclic amines) is 1. The van der Waals surface area contributed by atoms with Crippen molar-refractivity contribution in [3.63, 3.8) is 0 Å². The number of nitrogens with one attached hydrogen (secondary N) is 1. The minimum Gasteiger partial charge on any atom is -0.383 e. The Labute approximate surface area is 101 Å². The van der Waals surface area contributed by atoms with Crippen molar-refractivity contribution in [1.29, 1.82) is 0 Å². The van der Waals surface area contributed by atoms with Gasteiger partial charge >= 0.3 is 0 Å². The summed E-state index contributed by atoms with van der Waals surface area (Å²) in [5, 5.41) is 3.44. The fraction of sp³-hybridized carbons (Fsp3) is 1.00. The third-order valence-electron chi connectivity index (χ3n) is 3.77. The van der Waals surface area contributed by atoms with Gasteiger partial charge in [-0.25, -0.2) is 0 Å². The van der Waals surface area contributed by atoms with E-state index >= 15 is 0 Å². The number of nitrogens with zero attached hydrogens (tertiary/aromatic N) is 1. The third-order valence-corrected chi connectivity index (χ3v) is 3.77. The highest BCUT2D eigenvalue weighted by molar-refractivity contribution is 4.76. The van der Waals surface area contributed by atoms with Gasteiger partial charge in [-0.2, -0.15) is 0 Å². The van der Waals surface area contributed by atoms with Gasteiger partial charge in [0.05, 0.1) is 6.61 Å². The average molecular weight is 228 g/mol. The molecule has 1 N–H and O–H groups in total. The molecule has 3 heteroatoms. The summed E-state index contributed by atoms with van der Waals surface area (Å²) in [6.45, 7) is 10.1. The van der Waals surface area contributed by atoms with Crippen LogP contribution < -0.4 is 5.32 Å². The van der Waals surface area contributed by atoms with Gasteiger partial charge in [0.2, 0.25) is 0 Å². The second kappa shape index (κ2) is 8.04. The molecule has 96 valence electrons. The molecule has 16 heavy (non-hydrogen) atoms. The zero-order chi connectivity index (χ0) is 11.8. The van der Waals surface area contributed by atoms with Crippen LogP contribution in [-0.4, -0.2) is 50.8 Å². The maximum Gasteiger partial charge on any atom is 0.0587 e. The highest BCUT2D eigenvalue weighted by Crippen LogP contribution is 2.21. The molecule has 1 rings (SSSR count). The van der Waals surface area contributed by atoms with Crippen LogP contribution in [0.5, 0.6) is 0 Å². The number of rotatable bonds is 7. The van der Waals surface area contributed by atoms with Crippen molar-refractivity contribution in [3.05, 3.63) is 0 Å². The summed E-state index contributed by atoms with van der Waals surface area (Å²) in [5.41, 5.74) is 0. The lowest BCUT2D eigenvalue weighted by Crippen LogP contribution is -2.45. The van der Waals surface area contributed by atoms with Gasteiger partial charge in [-0.05, 0) is 38.8 Å². The Morgan fingerprint density at radius 2 is 2.06 bits per heavy atom. The van der Waals surface area contributed by atoms with E-state index in [0.717, 1.165) is 25.6 Å². The molecule has 0 aromatic heterocycles. The number of hydrogen-bond acceptors (Lipinski definition) is 3. The van der Waals surface area contributed by atoms with E-state index in [-0.39, 0.29) is 0 Å². The highest BCUT2D eigenvalue weighted by atomic mass is 16.5. The second-order valence-corrected chi connectivity index (χ2v) is 4.93. The molecule has 0 radical (unpaired) electrons. The maximum atomic E-state index is 5.02. The Balaban J connectivity index is 2.10. The first-order valence-corrected chi connectivity index (χ1v) is 6.71. The van der Waals surface area contributed by atoms with Crippen molar-refractivity contribution in [3.8, 4) is 0 Å². The summed E-state index contributed by atoms with van der Waals surface area (Å²) in [4.78, 5) is 2.62. The van der Waals surface area contributed by atoms with Gasteiger partial charge in [0.1, 0.15) is 0 Å². The standard InChI is InChI=1S/C13H28N2O/c1-4-13-5-8-15(9-6-13)12(2)11-14-7-10-16-3/h12-14H,4-11H2,1-3H3. The minimum atomic E-state index is 0.662. The van der Waals surface area contributed by atoms with Gasteiger partial charge < -0.3 is 10.1 Å². The number of methoxy groups -OCH3 is 1. The Kier molecular flexibility index (Phi) is 7.01. The highest BCUT2D eigenvalue weighted by Gasteiger charge is 2.21. The van der Waals surface area contributed by atoms with E-state index < -0.39 is 0 Å². The molecule has 0 bridgehead atoms. The van der Waals surface area contributed by atoms with Crippen molar-refractivity contribution in [2.75, 3.05) is 39.9 Å². The molecule has 0 saturated carbocycles. The van der Waals surface area contributed by atoms with Gasteiger partial charge in [0.15, 0.2) is 0 Å². The predicted octanol–water partition coefficient (Wildman–Crippen LogP) is 1.73. The first-order valence-electron chi connectivity index (χ1n) is 6.71. The number of piperidine rings is 1. The normalized spacial score (nSPS) is 21.2. The van der Waals surface area contributed by atoms with E-state index in [4.69, 9.17) is 4.74 Å². The molecule has 0 aromatic carbocycles. The predicted molar refractivity (Wildman–Crippen MR) is 68.8 cm³/mol. The molecule has 1 atom stereocenters. The molecule has 0 spiro atoms. The van der Waals surface area contributed by atoms with E-state index in [9.17, 15) is 0 Å². The van der Waals surface area contributed by atoms with Gasteiger partial charge in [-0.15, -0.1) is 0 Å². The third kappa shape index (κ3) is 4.81. The van der Waals surface area contributed by atoms with Crippen LogP contribution in [0.3, 0.4) is 0 Å². The smallest absolute Gasteiger partial charge is 0.0587 e. The fourth-order valence-corrected chi connectivity index (χ4v) is 2.42. The van der Waals surface area contributed by atoms with E-state index in [1.54, 1.807) is 7.11 Å². The van der Waals surface area contributed by atoms with Crippen LogP contribution in [-0.2, 0) is 4.74 Å². The van der Waals surface area contributed by atoms with Crippen LogP contribution in [0.25, 0.3) is 0 Å². The first kappa shape index (κ1) is 13.9. The first-order chi connectivity index (χ1) is 7.77. The molecule has 3 nitrogen and oxygen atoms in total. The summed E-state index contributed by atoms with van der Waals surface area (Å²) in [6, 6.07) is 0.662. The summed E-state index contributed by atoms with van der Waals surface area (Å²) in [5.74, 6) is 0.977. The lowest BCUT2D eigenvalue weighted by molar-refractivity contribution is 0.134. The fourth-order valence-electron chi connectivity index (χ4n) is 2.42. The Morgan fingerprint density at radius 1 is 1.38 bits per heavy atom. The molecule has 0 aliphatic carbocycles. The molecular weight excluding hydrogens is 200 g/mol. The Morgan fingerprint density at radius 3 is 2.62 bits per heavy atom. The zero-order valence-electron chi connectivity index (χ0n) is 11.2. The average Bonchev–Trinajstić information content (AvgIpc) is 2.34. The van der Waals surface area contributed by atoms with Gasteiger partial charge in [0.25, 0.3) is 0 Å². The van der Waals surface area contributed by atoms with Gasteiger partial charge in [0, 0.05) is 26.2 Å². The van der Waals surface area contributed by atoms with Crippen LogP contribution in [0, 0.1) is 5.92 Å². The van der Waals surface area contributed by atoms with Crippen LogP contribution >= 0.6 is 0 Å². The van der Waals surface area contributed by atoms with Crippen molar-refractivity contribution in [1.82, 2.24) is 10.2 Å². The monoisotopic (exact) mass is 228 g/mol. The topological polar surface area (TPSA) is 24.5 Å². The summed E-state index contributed by atoms with van der Waals surface area (Å²) >= 11 is 0. The van der Waals surface area contributed by atoms with Crippen molar-refractivity contribution in [2.24, 2.45) is 5.92 Å². The van der Waals surface area contributed by atoms with Gasteiger partial charge in [-0.3, -0.25) is 4.90 Å². The second-order valence-electron chi connectivity index (χ2n) is 4.93. The molecular formula is C13H28N2O. The van der Waals surface area contributed by atoms with Crippen molar-refractivity contribution < 1.29 is 4.74 Å². The Hall–Kier alpha value is -0.120. The van der Waals surface area contributed by atoms with E-state index in [0.29, 0.717) is 6.04 Å². The summed E-state index contributed by atoms with van der Waals surface area (Å²) in [6.07, 6.45) is 4.13. The van der Waals surface area contributed by atoms with Crippen LogP contribution in [0.15, 0.2) is 0 Å². The molecule has 1 aliphatic rings. The van der Waals surface area contributed by atoms with Crippen molar-refractivity contribution in [2.45, 2.75) is 39.2 Å². The lowest BCUT2D eigenvalue weighted by atomic mass is 9.94. The number of hydrogen-bond donors (Lipinski definition) is 1. The van der Waals surface area contributed by atoms with E-state index in [1.807, 2.05) is 0 Å². The van der Waals surface area contributed by atoms with E-state index in [2.05, 4.69) is 24.1 Å². The Bertz CT molecular complexity index is 167. The van der Waals surface area contributed by atoms with Gasteiger partial charge in [-0.1, -0.05) is 13.3 Å². The van der Waals surface area contributed by atoms with Crippen LogP contribution in [0.4, 0.5) is 0 Å². The van der Waals surface area contributed by atoms with E-state index in [1.165, 1.54) is 32.4 Å². The molecule has 1 fully saturated rings. The van der Waals surface area contributed by atoms with Crippen molar-refractivity contribution >= 4 is 0 Å². The molecule has 1 aliphatic heterocycles. The molecule has 0 aromatic rings. The molecule has 1 unspecified atom stereocenters. The number of ether oxygens (including phenoxy) is 1. The van der Waals surface area contributed by atoms with Crippen LogP contribution in [0.2, 0.25) is 0 Å². The molecule has 1 saturated heterocycles. The lowest BCUT2D eigenvalue weighted by Gasteiger charge is -2.35. The van der Waals surface area contributed by atoms with Crippen LogP contribution in [0.1, 0.15) is 33.1 Å². The quantitative estimate of drug-likeness (QED) is 0.672. The largest absolute Gasteiger partial charge is 0.383 e. The summed E-state index contributed by atoms with van der Waals surface area (Å²) in [7, 11) is 1.75. The SMILES string of the molecule is CCC1CCN(C(C)CNCCOC)CC1. The molecule has 0 amide bonds. The molecule has 1 heterocycles. The maximum absolute atomic E-state index is 5.02. The minimum absolute atomic E-state index is 0.662.